The van der Waals surface area contributed by atoms with E-state index in [0.717, 1.165) is 25.9 Å². The van der Waals surface area contributed by atoms with Gasteiger partial charge in [-0.05, 0) is 51.8 Å². The third kappa shape index (κ3) is 4.08. The summed E-state index contributed by atoms with van der Waals surface area (Å²) in [6, 6.07) is 13.1. The van der Waals surface area contributed by atoms with Crippen molar-refractivity contribution < 1.29 is 9.53 Å². The fourth-order valence-electron chi connectivity index (χ4n) is 1.71. The first-order valence-corrected chi connectivity index (χ1v) is 7.55. The summed E-state index contributed by atoms with van der Waals surface area (Å²) in [7, 11) is 1.62. The number of nitrogens with one attached hydrogen (secondary N) is 1. The molecule has 0 aliphatic carbocycles. The number of rotatable bonds is 4. The molecule has 0 saturated heterocycles. The second-order valence-corrected chi connectivity index (χ2v) is 5.97. The monoisotopic (exact) mass is 397 g/mol. The predicted octanol–water partition coefficient (Wildman–Crippen LogP) is 4.40. The highest BCUT2D eigenvalue weighted by atomic mass is 79.9. The van der Waals surface area contributed by atoms with Gasteiger partial charge in [0.15, 0.2) is 0 Å². The third-order valence-electron chi connectivity index (χ3n) is 2.73. The van der Waals surface area contributed by atoms with E-state index in [1.54, 1.807) is 7.11 Å². The van der Waals surface area contributed by atoms with Crippen LogP contribution in [-0.2, 0) is 11.2 Å². The first-order valence-electron chi connectivity index (χ1n) is 5.96. The molecule has 0 fully saturated rings. The fourth-order valence-corrected chi connectivity index (χ4v) is 2.86. The van der Waals surface area contributed by atoms with Gasteiger partial charge in [0, 0.05) is 8.95 Å². The molecule has 0 aromatic heterocycles. The van der Waals surface area contributed by atoms with Crippen LogP contribution in [0.2, 0.25) is 0 Å². The van der Waals surface area contributed by atoms with Crippen LogP contribution in [-0.4, -0.2) is 13.0 Å². The van der Waals surface area contributed by atoms with Gasteiger partial charge in [0.2, 0.25) is 5.91 Å². The number of hydrogen-bond acceptors (Lipinski definition) is 2. The summed E-state index contributed by atoms with van der Waals surface area (Å²) in [5.74, 6) is 0.725. The lowest BCUT2D eigenvalue weighted by atomic mass is 10.1. The lowest BCUT2D eigenvalue weighted by Gasteiger charge is -2.08. The van der Waals surface area contributed by atoms with Gasteiger partial charge in [0.1, 0.15) is 5.75 Å². The highest BCUT2D eigenvalue weighted by molar-refractivity contribution is 9.11. The molecule has 2 aromatic carbocycles. The molecule has 2 rings (SSSR count). The van der Waals surface area contributed by atoms with E-state index in [1.165, 1.54) is 0 Å². The van der Waals surface area contributed by atoms with Gasteiger partial charge < -0.3 is 10.1 Å². The Labute approximate surface area is 134 Å². The van der Waals surface area contributed by atoms with Gasteiger partial charge in [-0.3, -0.25) is 4.79 Å². The van der Waals surface area contributed by atoms with Crippen LogP contribution in [0.15, 0.2) is 51.4 Å². The summed E-state index contributed by atoms with van der Waals surface area (Å²) < 4.78 is 6.88. The van der Waals surface area contributed by atoms with Crippen molar-refractivity contribution >= 4 is 43.5 Å². The maximum Gasteiger partial charge on any atom is 0.228 e. The van der Waals surface area contributed by atoms with Crippen molar-refractivity contribution in [2.24, 2.45) is 0 Å². The summed E-state index contributed by atoms with van der Waals surface area (Å²) in [6.45, 7) is 0. The van der Waals surface area contributed by atoms with Gasteiger partial charge in [-0.1, -0.05) is 28.1 Å². The number of methoxy groups -OCH3 is 1. The maximum absolute atomic E-state index is 12.0. The molecule has 2 aromatic rings. The van der Waals surface area contributed by atoms with Crippen molar-refractivity contribution in [3.05, 3.63) is 57.0 Å². The largest absolute Gasteiger partial charge is 0.497 e. The van der Waals surface area contributed by atoms with Crippen molar-refractivity contribution in [3.63, 3.8) is 0 Å². The molecule has 0 heterocycles. The number of ether oxygens (including phenoxy) is 1. The maximum atomic E-state index is 12.0. The van der Waals surface area contributed by atoms with E-state index in [2.05, 4.69) is 37.2 Å². The topological polar surface area (TPSA) is 38.3 Å². The Morgan fingerprint density at radius 2 is 1.85 bits per heavy atom. The Hall–Kier alpha value is -1.33. The minimum atomic E-state index is -0.0572. The van der Waals surface area contributed by atoms with Crippen LogP contribution in [0.4, 0.5) is 5.69 Å². The van der Waals surface area contributed by atoms with Gasteiger partial charge in [0.25, 0.3) is 0 Å². The molecule has 0 unspecified atom stereocenters. The first kappa shape index (κ1) is 15.1. The Morgan fingerprint density at radius 3 is 2.45 bits per heavy atom. The van der Waals surface area contributed by atoms with E-state index in [1.807, 2.05) is 42.5 Å². The normalized spacial score (nSPS) is 10.2. The molecule has 0 aliphatic rings. The average Bonchev–Trinajstić information content (AvgIpc) is 2.43. The molecule has 1 N–H and O–H groups in total. The van der Waals surface area contributed by atoms with Crippen molar-refractivity contribution in [2.45, 2.75) is 6.42 Å². The second kappa shape index (κ2) is 6.90. The minimum absolute atomic E-state index is 0.0572. The van der Waals surface area contributed by atoms with Crippen LogP contribution in [0.25, 0.3) is 0 Å². The molecule has 1 amide bonds. The Balaban J connectivity index is 2.01. The molecule has 0 atom stereocenters. The van der Waals surface area contributed by atoms with Crippen LogP contribution in [0.1, 0.15) is 5.56 Å². The van der Waals surface area contributed by atoms with E-state index in [-0.39, 0.29) is 5.91 Å². The van der Waals surface area contributed by atoms with E-state index < -0.39 is 0 Å². The summed E-state index contributed by atoms with van der Waals surface area (Å²) >= 11 is 6.79. The summed E-state index contributed by atoms with van der Waals surface area (Å²) in [6.07, 6.45) is 0.326. The van der Waals surface area contributed by atoms with E-state index in [9.17, 15) is 4.79 Å². The number of carbonyl (C=O) groups excluding carboxylic acids is 1. The van der Waals surface area contributed by atoms with Crippen molar-refractivity contribution in [1.29, 1.82) is 0 Å². The lowest BCUT2D eigenvalue weighted by Crippen LogP contribution is -2.14. The molecular formula is C15H13Br2NO2. The Morgan fingerprint density at radius 1 is 1.15 bits per heavy atom. The standard InChI is InChI=1S/C15H13Br2NO2/c1-20-12-5-2-10(3-6-12)8-15(19)18-14-7-4-11(16)9-13(14)17/h2-7,9H,8H2,1H3,(H,18,19). The Kier molecular flexibility index (Phi) is 5.20. The van der Waals surface area contributed by atoms with E-state index in [4.69, 9.17) is 4.74 Å². The number of halogens is 2. The predicted molar refractivity (Wildman–Crippen MR) is 87.2 cm³/mol. The summed E-state index contributed by atoms with van der Waals surface area (Å²) in [4.78, 5) is 12.0. The molecule has 0 bridgehead atoms. The number of hydrogen-bond donors (Lipinski definition) is 1. The van der Waals surface area contributed by atoms with Crippen LogP contribution < -0.4 is 10.1 Å². The molecule has 0 saturated carbocycles. The van der Waals surface area contributed by atoms with Crippen molar-refractivity contribution in [1.82, 2.24) is 0 Å². The number of anilines is 1. The Bertz CT molecular complexity index is 612. The molecule has 104 valence electrons. The molecule has 5 heteroatoms. The summed E-state index contributed by atoms with van der Waals surface area (Å²) in [5.41, 5.74) is 1.70. The zero-order valence-electron chi connectivity index (χ0n) is 10.8. The van der Waals surface area contributed by atoms with Gasteiger partial charge in [-0.25, -0.2) is 0 Å². The smallest absolute Gasteiger partial charge is 0.228 e. The zero-order chi connectivity index (χ0) is 14.5. The van der Waals surface area contributed by atoms with Crippen molar-refractivity contribution in [3.8, 4) is 5.75 Å². The summed E-state index contributed by atoms with van der Waals surface area (Å²) in [5, 5.41) is 2.88. The lowest BCUT2D eigenvalue weighted by molar-refractivity contribution is -0.115. The first-order chi connectivity index (χ1) is 9.58. The molecule has 0 aliphatic heterocycles. The van der Waals surface area contributed by atoms with E-state index in [0.29, 0.717) is 6.42 Å². The van der Waals surface area contributed by atoms with E-state index >= 15 is 0 Å². The van der Waals surface area contributed by atoms with Crippen LogP contribution in [0, 0.1) is 0 Å². The average molecular weight is 399 g/mol. The number of amides is 1. The van der Waals surface area contributed by atoms with Crippen LogP contribution >= 0.6 is 31.9 Å². The van der Waals surface area contributed by atoms with Crippen molar-refractivity contribution in [2.75, 3.05) is 12.4 Å². The van der Waals surface area contributed by atoms with Gasteiger partial charge in [0.05, 0.1) is 19.2 Å². The van der Waals surface area contributed by atoms with Crippen LogP contribution in [0.3, 0.4) is 0 Å². The molecular weight excluding hydrogens is 386 g/mol. The quantitative estimate of drug-likeness (QED) is 0.828. The highest BCUT2D eigenvalue weighted by Crippen LogP contribution is 2.26. The molecule has 0 radical (unpaired) electrons. The highest BCUT2D eigenvalue weighted by Gasteiger charge is 2.07. The SMILES string of the molecule is COc1ccc(CC(=O)Nc2ccc(Br)cc2Br)cc1. The van der Waals surface area contributed by atoms with Gasteiger partial charge >= 0.3 is 0 Å². The number of carbonyl (C=O) groups is 1. The molecule has 20 heavy (non-hydrogen) atoms. The van der Waals surface area contributed by atoms with Gasteiger partial charge in [-0.15, -0.1) is 0 Å². The minimum Gasteiger partial charge on any atom is -0.497 e. The van der Waals surface area contributed by atoms with Crippen LogP contribution in [0.5, 0.6) is 5.75 Å². The number of benzene rings is 2. The molecule has 3 nitrogen and oxygen atoms in total. The zero-order valence-corrected chi connectivity index (χ0v) is 14.0. The second-order valence-electron chi connectivity index (χ2n) is 4.20. The van der Waals surface area contributed by atoms with Gasteiger partial charge in [-0.2, -0.15) is 0 Å². The molecule has 0 spiro atoms. The third-order valence-corrected chi connectivity index (χ3v) is 3.88. The fraction of sp³-hybridized carbons (Fsp3) is 0.133.